The number of rotatable bonds is 4. The van der Waals surface area contributed by atoms with Crippen molar-refractivity contribution in [3.63, 3.8) is 0 Å². The predicted molar refractivity (Wildman–Crippen MR) is 102 cm³/mol. The van der Waals surface area contributed by atoms with Gasteiger partial charge in [-0.15, -0.1) is 0 Å². The van der Waals surface area contributed by atoms with Crippen LogP contribution in [-0.2, 0) is 4.79 Å². The highest BCUT2D eigenvalue weighted by atomic mass is 16.3. The molecule has 148 valence electrons. The number of carbonyl (C=O) groups excluding carboxylic acids is 2. The number of H-pyrrole nitrogens is 1. The SMILES string of the molecule is CC(C)c1ccc(C(=O)N2CCC(NC(=O)C3(O)CCCCC3)C2)c(=O)[nH]1. The first-order valence-corrected chi connectivity index (χ1v) is 9.86. The average Bonchev–Trinajstić information content (AvgIpc) is 3.10. The van der Waals surface area contributed by atoms with Crippen LogP contribution in [0.15, 0.2) is 16.9 Å². The van der Waals surface area contributed by atoms with Gasteiger partial charge in [-0.3, -0.25) is 14.4 Å². The summed E-state index contributed by atoms with van der Waals surface area (Å²) in [6.07, 6.45) is 4.36. The largest absolute Gasteiger partial charge is 0.380 e. The molecule has 2 heterocycles. The number of aliphatic hydroxyl groups is 1. The zero-order chi connectivity index (χ0) is 19.6. The summed E-state index contributed by atoms with van der Waals surface area (Å²) in [6, 6.07) is 3.15. The number of hydrogen-bond acceptors (Lipinski definition) is 4. The van der Waals surface area contributed by atoms with E-state index in [0.717, 1.165) is 25.0 Å². The third-order valence-electron chi connectivity index (χ3n) is 5.70. The minimum Gasteiger partial charge on any atom is -0.380 e. The molecule has 2 aliphatic rings. The van der Waals surface area contributed by atoms with Crippen LogP contribution in [0.2, 0.25) is 0 Å². The van der Waals surface area contributed by atoms with Crippen LogP contribution in [0.1, 0.15) is 74.3 Å². The van der Waals surface area contributed by atoms with Gasteiger partial charge in [0.1, 0.15) is 11.2 Å². The lowest BCUT2D eigenvalue weighted by molar-refractivity contribution is -0.143. The van der Waals surface area contributed by atoms with Crippen molar-refractivity contribution in [3.8, 4) is 0 Å². The average molecular weight is 375 g/mol. The molecule has 2 fully saturated rings. The van der Waals surface area contributed by atoms with E-state index in [1.807, 2.05) is 13.8 Å². The first kappa shape index (κ1) is 19.6. The van der Waals surface area contributed by atoms with Crippen molar-refractivity contribution in [2.45, 2.75) is 69.9 Å². The van der Waals surface area contributed by atoms with Crippen molar-refractivity contribution in [2.24, 2.45) is 0 Å². The lowest BCUT2D eigenvalue weighted by atomic mass is 9.84. The van der Waals surface area contributed by atoms with Crippen LogP contribution >= 0.6 is 0 Å². The summed E-state index contributed by atoms with van der Waals surface area (Å²) in [6.45, 7) is 4.78. The summed E-state index contributed by atoms with van der Waals surface area (Å²) in [5.41, 5.74) is -0.740. The highest BCUT2D eigenvalue weighted by Gasteiger charge is 2.39. The molecule has 2 amide bonds. The van der Waals surface area contributed by atoms with E-state index >= 15 is 0 Å². The molecule has 27 heavy (non-hydrogen) atoms. The summed E-state index contributed by atoms with van der Waals surface area (Å²) < 4.78 is 0. The van der Waals surface area contributed by atoms with Crippen LogP contribution in [0.4, 0.5) is 0 Å². The lowest BCUT2D eigenvalue weighted by Crippen LogP contribution is -2.52. The monoisotopic (exact) mass is 375 g/mol. The van der Waals surface area contributed by atoms with Crippen molar-refractivity contribution in [3.05, 3.63) is 33.7 Å². The maximum absolute atomic E-state index is 12.7. The summed E-state index contributed by atoms with van der Waals surface area (Å²) in [5.74, 6) is -0.473. The highest BCUT2D eigenvalue weighted by Crippen LogP contribution is 2.28. The molecule has 0 bridgehead atoms. The van der Waals surface area contributed by atoms with Crippen LogP contribution in [0.25, 0.3) is 0 Å². The molecule has 7 nitrogen and oxygen atoms in total. The van der Waals surface area contributed by atoms with Gasteiger partial charge in [0.2, 0.25) is 0 Å². The normalized spacial score (nSPS) is 22.1. The van der Waals surface area contributed by atoms with E-state index in [9.17, 15) is 19.5 Å². The zero-order valence-corrected chi connectivity index (χ0v) is 16.1. The fraction of sp³-hybridized carbons (Fsp3) is 0.650. The molecule has 1 aromatic rings. The van der Waals surface area contributed by atoms with Gasteiger partial charge in [0, 0.05) is 24.8 Å². The Hall–Kier alpha value is -2.15. The Morgan fingerprint density at radius 2 is 1.96 bits per heavy atom. The topological polar surface area (TPSA) is 102 Å². The van der Waals surface area contributed by atoms with Crippen LogP contribution in [0.5, 0.6) is 0 Å². The third-order valence-corrected chi connectivity index (χ3v) is 5.70. The number of nitrogens with one attached hydrogen (secondary N) is 2. The third kappa shape index (κ3) is 4.24. The maximum atomic E-state index is 12.7. The summed E-state index contributed by atoms with van der Waals surface area (Å²) >= 11 is 0. The van der Waals surface area contributed by atoms with Gasteiger partial charge >= 0.3 is 0 Å². The first-order valence-electron chi connectivity index (χ1n) is 9.86. The minimum atomic E-state index is -1.28. The smallest absolute Gasteiger partial charge is 0.261 e. The van der Waals surface area contributed by atoms with E-state index in [-0.39, 0.29) is 34.9 Å². The lowest BCUT2D eigenvalue weighted by Gasteiger charge is -2.31. The number of pyridine rings is 1. The van der Waals surface area contributed by atoms with Gasteiger partial charge in [-0.25, -0.2) is 0 Å². The minimum absolute atomic E-state index is 0.122. The predicted octanol–water partition coefficient (Wildman–Crippen LogP) is 1.52. The van der Waals surface area contributed by atoms with E-state index in [1.54, 1.807) is 17.0 Å². The number of aromatic amines is 1. The Bertz CT molecular complexity index is 765. The molecule has 0 radical (unpaired) electrons. The van der Waals surface area contributed by atoms with Crippen molar-refractivity contribution in [1.29, 1.82) is 0 Å². The highest BCUT2D eigenvalue weighted by molar-refractivity contribution is 5.94. The Kier molecular flexibility index (Phi) is 5.69. The van der Waals surface area contributed by atoms with E-state index in [2.05, 4.69) is 10.3 Å². The molecule has 1 aliphatic carbocycles. The number of likely N-dealkylation sites (tertiary alicyclic amines) is 1. The van der Waals surface area contributed by atoms with Gasteiger partial charge < -0.3 is 20.3 Å². The van der Waals surface area contributed by atoms with Crippen LogP contribution in [0, 0.1) is 0 Å². The molecule has 3 rings (SSSR count). The van der Waals surface area contributed by atoms with Crippen molar-refractivity contribution < 1.29 is 14.7 Å². The molecule has 1 aromatic heterocycles. The molecule has 1 unspecified atom stereocenters. The number of aromatic nitrogens is 1. The molecule has 3 N–H and O–H groups in total. The van der Waals surface area contributed by atoms with Gasteiger partial charge in [0.15, 0.2) is 0 Å². The maximum Gasteiger partial charge on any atom is 0.261 e. The second-order valence-electron chi connectivity index (χ2n) is 8.11. The fourth-order valence-corrected chi connectivity index (χ4v) is 3.91. The Morgan fingerprint density at radius 3 is 2.59 bits per heavy atom. The van der Waals surface area contributed by atoms with Gasteiger partial charge in [-0.05, 0) is 37.3 Å². The second kappa shape index (κ2) is 7.84. The molecule has 1 aliphatic heterocycles. The van der Waals surface area contributed by atoms with E-state index < -0.39 is 5.60 Å². The van der Waals surface area contributed by atoms with Crippen molar-refractivity contribution >= 4 is 11.8 Å². The molecule has 1 atom stereocenters. The van der Waals surface area contributed by atoms with Gasteiger partial charge in [-0.2, -0.15) is 0 Å². The van der Waals surface area contributed by atoms with Gasteiger partial charge in [0.05, 0.1) is 0 Å². The van der Waals surface area contributed by atoms with E-state index in [1.165, 1.54) is 0 Å². The van der Waals surface area contributed by atoms with Crippen LogP contribution in [-0.4, -0.2) is 51.5 Å². The molecule has 7 heteroatoms. The molecule has 0 spiro atoms. The fourth-order valence-electron chi connectivity index (χ4n) is 3.91. The number of nitrogens with zero attached hydrogens (tertiary/aromatic N) is 1. The summed E-state index contributed by atoms with van der Waals surface area (Å²) in [5, 5.41) is 13.4. The molecule has 1 saturated carbocycles. The summed E-state index contributed by atoms with van der Waals surface area (Å²) in [4.78, 5) is 41.7. The van der Waals surface area contributed by atoms with Crippen LogP contribution < -0.4 is 10.9 Å². The molecular formula is C20H29N3O4. The van der Waals surface area contributed by atoms with Crippen LogP contribution in [0.3, 0.4) is 0 Å². The van der Waals surface area contributed by atoms with Crippen molar-refractivity contribution in [2.75, 3.05) is 13.1 Å². The summed E-state index contributed by atoms with van der Waals surface area (Å²) in [7, 11) is 0. The number of hydrogen-bond donors (Lipinski definition) is 3. The molecule has 0 aromatic carbocycles. The number of amides is 2. The Labute approximate surface area is 159 Å². The van der Waals surface area contributed by atoms with Gasteiger partial charge in [0.25, 0.3) is 17.4 Å². The van der Waals surface area contributed by atoms with Gasteiger partial charge in [-0.1, -0.05) is 33.1 Å². The van der Waals surface area contributed by atoms with E-state index in [0.29, 0.717) is 32.4 Å². The van der Waals surface area contributed by atoms with Crippen molar-refractivity contribution in [1.82, 2.24) is 15.2 Å². The quantitative estimate of drug-likeness (QED) is 0.742. The standard InChI is InChI=1S/C20H29N3O4/c1-13(2)16-7-6-15(17(24)22-16)18(25)23-11-8-14(12-23)21-19(26)20(27)9-4-3-5-10-20/h6-7,13-14,27H,3-5,8-12H2,1-2H3,(H,21,26)(H,22,24). The Morgan fingerprint density at radius 1 is 1.26 bits per heavy atom. The first-order chi connectivity index (χ1) is 12.8. The molecular weight excluding hydrogens is 346 g/mol. The van der Waals surface area contributed by atoms with E-state index in [4.69, 9.17) is 0 Å². The zero-order valence-electron chi connectivity index (χ0n) is 16.1. The second-order valence-corrected chi connectivity index (χ2v) is 8.11. The Balaban J connectivity index is 1.61. The number of carbonyl (C=O) groups is 2. The molecule has 1 saturated heterocycles.